The number of anilines is 1. The molecule has 0 spiro atoms. The second-order valence-electron chi connectivity index (χ2n) is 7.18. The zero-order valence-corrected chi connectivity index (χ0v) is 17.3. The third-order valence-electron chi connectivity index (χ3n) is 5.19. The number of thioether (sulfide) groups is 1. The Balaban J connectivity index is 1.49. The topological polar surface area (TPSA) is 180 Å². The predicted molar refractivity (Wildman–Crippen MR) is 107 cm³/mol. The Labute approximate surface area is 179 Å². The van der Waals surface area contributed by atoms with Gasteiger partial charge in [-0.2, -0.15) is 9.36 Å². The Bertz CT molecular complexity index is 887. The van der Waals surface area contributed by atoms with Crippen molar-refractivity contribution in [3.63, 3.8) is 0 Å². The summed E-state index contributed by atoms with van der Waals surface area (Å²) in [5, 5.41) is 25.3. The molecule has 30 heavy (non-hydrogen) atoms. The molecular weight excluding hydrogens is 436 g/mol. The number of amides is 2. The van der Waals surface area contributed by atoms with Crippen molar-refractivity contribution in [2.24, 2.45) is 5.16 Å². The summed E-state index contributed by atoms with van der Waals surface area (Å²) in [5.41, 5.74) is 5.42. The van der Waals surface area contributed by atoms with Crippen LogP contribution in [-0.4, -0.2) is 83.4 Å². The summed E-state index contributed by atoms with van der Waals surface area (Å²) in [7, 11) is 0. The number of β-lactam (4-membered cyclic amide) rings is 1. The minimum Gasteiger partial charge on any atom is -0.480 e. The van der Waals surface area contributed by atoms with Gasteiger partial charge in [0, 0.05) is 17.3 Å². The summed E-state index contributed by atoms with van der Waals surface area (Å²) in [5.74, 6) is -2.48. The number of aromatic nitrogens is 2. The van der Waals surface area contributed by atoms with Crippen LogP contribution in [0.4, 0.5) is 5.13 Å². The fourth-order valence-electron chi connectivity index (χ4n) is 3.69. The lowest BCUT2D eigenvalue weighted by Crippen LogP contribution is -2.77. The molecule has 0 radical (unpaired) electrons. The average Bonchev–Trinajstić information content (AvgIpc) is 3.37. The van der Waals surface area contributed by atoms with Crippen LogP contribution in [0, 0.1) is 0 Å². The predicted octanol–water partition coefficient (Wildman–Crippen LogP) is -1.00. The van der Waals surface area contributed by atoms with E-state index in [-0.39, 0.29) is 28.5 Å². The average molecular weight is 457 g/mol. The standard InChI is InChI=1S/C16H20N6O6S2/c17-16-19-11(21-30-16)8(20-28-6-3-1-2-4-6)12(24)18-9-13(25)22-10(15(26)27)7(23)5-29-14(9)22/h6-7,9-10,14,23H,1-5H2,(H,18,24)(H,26,27)(H2,17,19,21)/t7?,9?,10?,14-/m0/s1. The van der Waals surface area contributed by atoms with Crippen LogP contribution in [0.3, 0.4) is 0 Å². The molecule has 162 valence electrons. The molecule has 3 unspecified atom stereocenters. The third-order valence-corrected chi connectivity index (χ3v) is 7.10. The minimum absolute atomic E-state index is 0.00763. The van der Waals surface area contributed by atoms with Crippen molar-refractivity contribution in [1.82, 2.24) is 19.6 Å². The molecule has 3 heterocycles. The highest BCUT2D eigenvalue weighted by atomic mass is 32.2. The quantitative estimate of drug-likeness (QED) is 0.235. The Kier molecular flexibility index (Phi) is 5.79. The van der Waals surface area contributed by atoms with Crippen LogP contribution in [0.5, 0.6) is 0 Å². The number of aliphatic carboxylic acids is 1. The molecule has 4 atom stereocenters. The first-order valence-electron chi connectivity index (χ1n) is 9.35. The van der Waals surface area contributed by atoms with Gasteiger partial charge < -0.3 is 31.0 Å². The maximum absolute atomic E-state index is 12.9. The zero-order chi connectivity index (χ0) is 21.4. The molecule has 1 saturated carbocycles. The molecule has 2 amide bonds. The van der Waals surface area contributed by atoms with Gasteiger partial charge in [0.1, 0.15) is 17.5 Å². The van der Waals surface area contributed by atoms with E-state index in [4.69, 9.17) is 10.6 Å². The van der Waals surface area contributed by atoms with E-state index in [1.807, 2.05) is 0 Å². The van der Waals surface area contributed by atoms with Crippen LogP contribution in [0.25, 0.3) is 0 Å². The number of carboxylic acid groups (broad SMARTS) is 1. The molecule has 3 fully saturated rings. The summed E-state index contributed by atoms with van der Waals surface area (Å²) in [4.78, 5) is 47.4. The number of hydrogen-bond acceptors (Lipinski definition) is 11. The Hall–Kier alpha value is -2.45. The lowest BCUT2D eigenvalue weighted by atomic mass is 9.99. The van der Waals surface area contributed by atoms with E-state index >= 15 is 0 Å². The van der Waals surface area contributed by atoms with Crippen molar-refractivity contribution < 1.29 is 29.4 Å². The number of rotatable bonds is 6. The number of carbonyl (C=O) groups excluding carboxylic acids is 2. The number of carbonyl (C=O) groups is 3. The molecule has 0 bridgehead atoms. The first-order valence-corrected chi connectivity index (χ1v) is 11.2. The fourth-order valence-corrected chi connectivity index (χ4v) is 5.48. The van der Waals surface area contributed by atoms with Gasteiger partial charge in [-0.05, 0) is 25.7 Å². The molecule has 0 aromatic carbocycles. The van der Waals surface area contributed by atoms with Gasteiger partial charge in [-0.25, -0.2) is 4.79 Å². The minimum atomic E-state index is -1.34. The van der Waals surface area contributed by atoms with E-state index in [2.05, 4.69) is 19.8 Å². The van der Waals surface area contributed by atoms with E-state index in [1.165, 1.54) is 11.8 Å². The summed E-state index contributed by atoms with van der Waals surface area (Å²) < 4.78 is 4.00. The molecule has 1 aromatic heterocycles. The number of carboxylic acids is 1. The Morgan fingerprint density at radius 3 is 2.70 bits per heavy atom. The van der Waals surface area contributed by atoms with Crippen LogP contribution >= 0.6 is 23.3 Å². The molecule has 5 N–H and O–H groups in total. The Morgan fingerprint density at radius 1 is 1.33 bits per heavy atom. The molecule has 2 saturated heterocycles. The number of oxime groups is 1. The SMILES string of the molecule is Nc1nc(C(=NOC2CCCC2)C(=O)NC2C(=O)N3C(C(=O)O)C(O)CS[C@@H]23)ns1. The number of hydrogen-bond donors (Lipinski definition) is 4. The van der Waals surface area contributed by atoms with Crippen LogP contribution in [0.2, 0.25) is 0 Å². The van der Waals surface area contributed by atoms with Gasteiger partial charge in [0.15, 0.2) is 11.2 Å². The van der Waals surface area contributed by atoms with Gasteiger partial charge in [-0.3, -0.25) is 9.59 Å². The van der Waals surface area contributed by atoms with Crippen molar-refractivity contribution in [2.45, 2.75) is 55.3 Å². The number of aliphatic hydroxyl groups excluding tert-OH is 1. The summed E-state index contributed by atoms with van der Waals surface area (Å²) in [6.07, 6.45) is 2.42. The third kappa shape index (κ3) is 3.81. The molecular formula is C16H20N6O6S2. The molecule has 12 nitrogen and oxygen atoms in total. The molecule has 1 aliphatic carbocycles. The van der Waals surface area contributed by atoms with Gasteiger partial charge in [-0.15, -0.1) is 11.8 Å². The smallest absolute Gasteiger partial charge is 0.329 e. The highest BCUT2D eigenvalue weighted by molar-refractivity contribution is 8.00. The Morgan fingerprint density at radius 2 is 2.07 bits per heavy atom. The van der Waals surface area contributed by atoms with Crippen LogP contribution in [0.15, 0.2) is 5.16 Å². The second-order valence-corrected chi connectivity index (χ2v) is 9.11. The number of aliphatic hydroxyl groups is 1. The van der Waals surface area contributed by atoms with Gasteiger partial charge >= 0.3 is 5.97 Å². The van der Waals surface area contributed by atoms with E-state index in [1.54, 1.807) is 0 Å². The highest BCUT2D eigenvalue weighted by Crippen LogP contribution is 2.38. The zero-order valence-electron chi connectivity index (χ0n) is 15.6. The second kappa shape index (κ2) is 8.35. The summed E-state index contributed by atoms with van der Waals surface area (Å²) in [6, 6.07) is -2.29. The first kappa shape index (κ1) is 20.8. The van der Waals surface area contributed by atoms with E-state index in [0.717, 1.165) is 42.1 Å². The fraction of sp³-hybridized carbons (Fsp3) is 0.625. The highest BCUT2D eigenvalue weighted by Gasteiger charge is 2.58. The monoisotopic (exact) mass is 456 g/mol. The number of nitrogens with two attached hydrogens (primary N) is 1. The van der Waals surface area contributed by atoms with E-state index in [0.29, 0.717) is 0 Å². The number of nitrogens with zero attached hydrogens (tertiary/aromatic N) is 4. The lowest BCUT2D eigenvalue weighted by Gasteiger charge is -2.53. The maximum atomic E-state index is 12.9. The van der Waals surface area contributed by atoms with Gasteiger partial charge in [0.2, 0.25) is 17.4 Å². The normalized spacial score (nSPS) is 29.3. The summed E-state index contributed by atoms with van der Waals surface area (Å²) in [6.45, 7) is 0. The molecule has 1 aromatic rings. The number of nitrogen functional groups attached to an aromatic ring is 1. The number of fused-ring (bicyclic) bond motifs is 1. The van der Waals surface area contributed by atoms with E-state index in [9.17, 15) is 24.6 Å². The maximum Gasteiger partial charge on any atom is 0.329 e. The first-order chi connectivity index (χ1) is 14.4. The lowest BCUT2D eigenvalue weighted by molar-refractivity contribution is -0.167. The molecule has 4 rings (SSSR count). The van der Waals surface area contributed by atoms with Crippen LogP contribution < -0.4 is 11.1 Å². The van der Waals surface area contributed by atoms with Crippen LogP contribution in [0.1, 0.15) is 31.5 Å². The largest absolute Gasteiger partial charge is 0.480 e. The van der Waals surface area contributed by atoms with Crippen molar-refractivity contribution in [3.8, 4) is 0 Å². The van der Waals surface area contributed by atoms with Crippen molar-refractivity contribution in [2.75, 3.05) is 11.5 Å². The molecule has 2 aliphatic heterocycles. The molecule has 14 heteroatoms. The molecule has 3 aliphatic rings. The van der Waals surface area contributed by atoms with E-state index < -0.39 is 41.3 Å². The van der Waals surface area contributed by atoms with Crippen molar-refractivity contribution in [1.29, 1.82) is 0 Å². The van der Waals surface area contributed by atoms with Crippen LogP contribution in [-0.2, 0) is 19.2 Å². The van der Waals surface area contributed by atoms with Gasteiger partial charge in [0.05, 0.1) is 6.10 Å². The number of nitrogens with one attached hydrogen (secondary N) is 1. The summed E-state index contributed by atoms with van der Waals surface area (Å²) >= 11 is 2.10. The van der Waals surface area contributed by atoms with Gasteiger partial charge in [-0.1, -0.05) is 5.16 Å². The van der Waals surface area contributed by atoms with Crippen molar-refractivity contribution in [3.05, 3.63) is 5.82 Å². The van der Waals surface area contributed by atoms with Gasteiger partial charge in [0.25, 0.3) is 5.91 Å². The van der Waals surface area contributed by atoms with Crippen molar-refractivity contribution >= 4 is 51.9 Å².